The molecular weight excluding hydrogens is 326 g/mol. The maximum Gasteiger partial charge on any atom is 0.278 e. The second-order valence-electron chi connectivity index (χ2n) is 6.76. The van der Waals surface area contributed by atoms with Gasteiger partial charge in [0, 0.05) is 44.7 Å². The molecule has 0 saturated carbocycles. The van der Waals surface area contributed by atoms with Crippen LogP contribution in [0.3, 0.4) is 0 Å². The Kier molecular flexibility index (Phi) is 3.47. The highest BCUT2D eigenvalue weighted by molar-refractivity contribution is 7.89. The van der Waals surface area contributed by atoms with Gasteiger partial charge in [0.05, 0.1) is 6.20 Å². The van der Waals surface area contributed by atoms with Crippen molar-refractivity contribution in [2.45, 2.75) is 30.3 Å². The Bertz CT molecular complexity index is 867. The lowest BCUT2D eigenvalue weighted by Gasteiger charge is -2.38. The van der Waals surface area contributed by atoms with Gasteiger partial charge in [-0.05, 0) is 24.5 Å². The Hall–Kier alpha value is -1.86. The van der Waals surface area contributed by atoms with Crippen LogP contribution in [0.4, 0.5) is 5.69 Å². The lowest BCUT2D eigenvalue weighted by atomic mass is 9.75. The molecular formula is C17H21N3O3S. The molecule has 0 aliphatic carbocycles. The van der Waals surface area contributed by atoms with E-state index >= 15 is 0 Å². The number of oxazole rings is 1. The molecule has 6 nitrogen and oxygen atoms in total. The molecule has 24 heavy (non-hydrogen) atoms. The zero-order chi connectivity index (χ0) is 16.9. The van der Waals surface area contributed by atoms with Crippen LogP contribution >= 0.6 is 0 Å². The van der Waals surface area contributed by atoms with Crippen molar-refractivity contribution in [2.24, 2.45) is 0 Å². The van der Waals surface area contributed by atoms with Crippen LogP contribution in [0.5, 0.6) is 0 Å². The van der Waals surface area contributed by atoms with Crippen molar-refractivity contribution in [2.75, 3.05) is 31.6 Å². The fourth-order valence-corrected chi connectivity index (χ4v) is 5.38. The summed E-state index contributed by atoms with van der Waals surface area (Å²) >= 11 is 0. The zero-order valence-electron chi connectivity index (χ0n) is 13.9. The van der Waals surface area contributed by atoms with Crippen molar-refractivity contribution in [3.8, 4) is 0 Å². The average molecular weight is 347 g/mol. The number of likely N-dealkylation sites (N-methyl/N-ethyl adjacent to an activating group) is 1. The van der Waals surface area contributed by atoms with Crippen LogP contribution in [0.15, 0.2) is 40.0 Å². The normalized spacial score (nSPS) is 20.5. The number of hydrogen-bond donors (Lipinski definition) is 0. The summed E-state index contributed by atoms with van der Waals surface area (Å²) < 4.78 is 32.2. The molecule has 3 heterocycles. The molecule has 7 heteroatoms. The van der Waals surface area contributed by atoms with Gasteiger partial charge in [-0.3, -0.25) is 0 Å². The average Bonchev–Trinajstić information content (AvgIpc) is 3.12. The van der Waals surface area contributed by atoms with E-state index in [0.29, 0.717) is 19.0 Å². The second-order valence-corrected chi connectivity index (χ2v) is 8.62. The first-order chi connectivity index (χ1) is 11.4. The van der Waals surface area contributed by atoms with Gasteiger partial charge in [-0.15, -0.1) is 0 Å². The van der Waals surface area contributed by atoms with E-state index in [-0.39, 0.29) is 10.5 Å². The smallest absolute Gasteiger partial charge is 0.278 e. The minimum Gasteiger partial charge on any atom is -0.428 e. The Labute approximate surface area is 142 Å². The summed E-state index contributed by atoms with van der Waals surface area (Å²) in [5.74, 6) is 0.369. The number of fused-ring (bicyclic) bond motifs is 2. The molecule has 1 saturated heterocycles. The standard InChI is InChI=1S/C17H21N3O3S/c1-13-18-11-16(23-13)24(21,22)20-9-7-17(8-10-20)12-19(2)15-6-4-3-5-14(15)17/h3-6,11H,7-10,12H2,1-2H3. The molecule has 0 atom stereocenters. The Morgan fingerprint density at radius 1 is 1.21 bits per heavy atom. The maximum absolute atomic E-state index is 12.7. The lowest BCUT2D eigenvalue weighted by molar-refractivity contribution is 0.241. The second kappa shape index (κ2) is 5.32. The van der Waals surface area contributed by atoms with Gasteiger partial charge in [-0.2, -0.15) is 4.31 Å². The molecule has 1 aromatic heterocycles. The van der Waals surface area contributed by atoms with Crippen LogP contribution in [0.25, 0.3) is 0 Å². The highest BCUT2D eigenvalue weighted by Gasteiger charge is 2.45. The minimum atomic E-state index is -3.59. The third kappa shape index (κ3) is 2.26. The molecule has 2 aromatic rings. The summed E-state index contributed by atoms with van der Waals surface area (Å²) in [6, 6.07) is 8.45. The first-order valence-corrected chi connectivity index (χ1v) is 9.60. The van der Waals surface area contributed by atoms with E-state index in [1.807, 2.05) is 0 Å². The molecule has 0 bridgehead atoms. The molecule has 0 amide bonds. The highest BCUT2D eigenvalue weighted by Crippen LogP contribution is 2.46. The number of para-hydroxylation sites is 1. The summed E-state index contributed by atoms with van der Waals surface area (Å²) in [6.07, 6.45) is 2.94. The summed E-state index contributed by atoms with van der Waals surface area (Å²) in [5, 5.41) is -0.0557. The van der Waals surface area contributed by atoms with Gasteiger partial charge in [-0.1, -0.05) is 18.2 Å². The Morgan fingerprint density at radius 3 is 2.58 bits per heavy atom. The summed E-state index contributed by atoms with van der Waals surface area (Å²) in [5.41, 5.74) is 2.66. The van der Waals surface area contributed by atoms with Crippen molar-refractivity contribution in [1.29, 1.82) is 0 Å². The van der Waals surface area contributed by atoms with Gasteiger partial charge in [0.2, 0.25) is 0 Å². The van der Waals surface area contributed by atoms with Gasteiger partial charge in [0.15, 0.2) is 5.89 Å². The number of nitrogens with zero attached hydrogens (tertiary/aromatic N) is 3. The van der Waals surface area contributed by atoms with E-state index in [4.69, 9.17) is 4.42 Å². The van der Waals surface area contributed by atoms with E-state index in [1.165, 1.54) is 21.8 Å². The van der Waals surface area contributed by atoms with Crippen molar-refractivity contribution in [3.63, 3.8) is 0 Å². The number of hydrogen-bond acceptors (Lipinski definition) is 5. The van der Waals surface area contributed by atoms with Gasteiger partial charge in [-0.25, -0.2) is 13.4 Å². The molecule has 128 valence electrons. The molecule has 0 N–H and O–H groups in total. The fourth-order valence-electron chi connectivity index (χ4n) is 4.05. The Morgan fingerprint density at radius 2 is 1.92 bits per heavy atom. The molecule has 1 aromatic carbocycles. The molecule has 2 aliphatic rings. The first kappa shape index (κ1) is 15.7. The van der Waals surface area contributed by atoms with Crippen molar-refractivity contribution < 1.29 is 12.8 Å². The van der Waals surface area contributed by atoms with Crippen LogP contribution in [0.1, 0.15) is 24.3 Å². The van der Waals surface area contributed by atoms with Crippen LogP contribution < -0.4 is 4.90 Å². The van der Waals surface area contributed by atoms with Gasteiger partial charge in [0.1, 0.15) is 0 Å². The van der Waals surface area contributed by atoms with E-state index in [9.17, 15) is 8.42 Å². The quantitative estimate of drug-likeness (QED) is 0.833. The molecule has 0 radical (unpaired) electrons. The third-order valence-corrected chi connectivity index (χ3v) is 7.04. The van der Waals surface area contributed by atoms with Gasteiger partial charge in [0.25, 0.3) is 15.1 Å². The van der Waals surface area contributed by atoms with Crippen LogP contribution in [-0.2, 0) is 15.4 Å². The number of benzene rings is 1. The maximum atomic E-state index is 12.7. The molecule has 0 unspecified atom stereocenters. The highest BCUT2D eigenvalue weighted by atomic mass is 32.2. The van der Waals surface area contributed by atoms with E-state index < -0.39 is 10.0 Å². The predicted octanol–water partition coefficient (Wildman–Crippen LogP) is 2.16. The zero-order valence-corrected chi connectivity index (χ0v) is 14.7. The van der Waals surface area contributed by atoms with Gasteiger partial charge >= 0.3 is 0 Å². The summed E-state index contributed by atoms with van der Waals surface area (Å²) in [6.45, 7) is 3.60. The molecule has 1 spiro atoms. The summed E-state index contributed by atoms with van der Waals surface area (Å²) in [4.78, 5) is 6.19. The van der Waals surface area contributed by atoms with Gasteiger partial charge < -0.3 is 9.32 Å². The lowest BCUT2D eigenvalue weighted by Crippen LogP contribution is -2.46. The SMILES string of the molecule is Cc1ncc(S(=O)(=O)N2CCC3(CC2)CN(C)c2ccccc23)o1. The van der Waals surface area contributed by atoms with E-state index in [0.717, 1.165) is 19.4 Å². The third-order valence-electron chi connectivity index (χ3n) is 5.30. The van der Waals surface area contributed by atoms with Crippen LogP contribution in [0, 0.1) is 6.92 Å². The Balaban J connectivity index is 1.58. The van der Waals surface area contributed by atoms with E-state index in [2.05, 4.69) is 41.2 Å². The number of aryl methyl sites for hydroxylation is 1. The topological polar surface area (TPSA) is 66.7 Å². The predicted molar refractivity (Wildman–Crippen MR) is 90.6 cm³/mol. The van der Waals surface area contributed by atoms with Crippen molar-refractivity contribution >= 4 is 15.7 Å². The first-order valence-electron chi connectivity index (χ1n) is 8.16. The van der Waals surface area contributed by atoms with Crippen LogP contribution in [-0.4, -0.2) is 44.4 Å². The molecule has 2 aliphatic heterocycles. The number of piperidine rings is 1. The fraction of sp³-hybridized carbons (Fsp3) is 0.471. The van der Waals surface area contributed by atoms with Crippen molar-refractivity contribution in [3.05, 3.63) is 41.9 Å². The largest absolute Gasteiger partial charge is 0.428 e. The number of rotatable bonds is 2. The van der Waals surface area contributed by atoms with Crippen molar-refractivity contribution in [1.82, 2.24) is 9.29 Å². The number of sulfonamides is 1. The number of anilines is 1. The molecule has 1 fully saturated rings. The van der Waals surface area contributed by atoms with E-state index in [1.54, 1.807) is 6.92 Å². The monoisotopic (exact) mass is 347 g/mol. The van der Waals surface area contributed by atoms with Crippen LogP contribution in [0.2, 0.25) is 0 Å². The molecule has 4 rings (SSSR count). The summed E-state index contributed by atoms with van der Waals surface area (Å²) in [7, 11) is -1.48. The minimum absolute atomic E-state index is 0.0503. The number of aromatic nitrogens is 1.